The van der Waals surface area contributed by atoms with E-state index in [-0.39, 0.29) is 23.7 Å². The van der Waals surface area contributed by atoms with Gasteiger partial charge in [0.05, 0.1) is 11.9 Å². The maximum atomic E-state index is 12.4. The van der Waals surface area contributed by atoms with E-state index in [0.29, 0.717) is 11.7 Å². The molecule has 0 spiro atoms. The quantitative estimate of drug-likeness (QED) is 0.625. The van der Waals surface area contributed by atoms with Crippen LogP contribution in [0.25, 0.3) is 0 Å². The Morgan fingerprint density at radius 2 is 2.03 bits per heavy atom. The van der Waals surface area contributed by atoms with E-state index in [1.807, 2.05) is 25.1 Å². The molecule has 2 heterocycles. The Labute approximate surface area is 168 Å². The van der Waals surface area contributed by atoms with Crippen LogP contribution in [-0.4, -0.2) is 26.8 Å². The molecule has 29 heavy (non-hydrogen) atoms. The molecule has 1 aromatic carbocycles. The number of benzene rings is 1. The summed E-state index contributed by atoms with van der Waals surface area (Å²) in [5.41, 5.74) is 2.17. The predicted octanol–water partition coefficient (Wildman–Crippen LogP) is 3.97. The van der Waals surface area contributed by atoms with Crippen LogP contribution in [0.3, 0.4) is 0 Å². The number of aromatic nitrogens is 2. The highest BCUT2D eigenvalue weighted by molar-refractivity contribution is 6.05. The molecule has 0 saturated heterocycles. The minimum Gasteiger partial charge on any atom is -0.485 e. The van der Waals surface area contributed by atoms with Crippen molar-refractivity contribution in [3.63, 3.8) is 0 Å². The molecule has 0 fully saturated rings. The van der Waals surface area contributed by atoms with Gasteiger partial charge in [-0.05, 0) is 42.2 Å². The number of nitrogens with zero attached hydrogens (tertiary/aromatic N) is 2. The standard InChI is InChI=1S/C21H23N3O5/c1-12(2)15-7-5-13(3)9-18(15)28-11-14-6-8-17(29-14)20(25)23-16-10-22-24(4)19(16)21(26)27/h5-10,12H,11H2,1-4H3,(H,23,25)(H,26,27). The van der Waals surface area contributed by atoms with Crippen molar-refractivity contribution in [1.29, 1.82) is 0 Å². The Bertz CT molecular complexity index is 1050. The topological polar surface area (TPSA) is 107 Å². The number of furan rings is 1. The maximum absolute atomic E-state index is 12.4. The third-order valence-corrected chi connectivity index (χ3v) is 4.44. The van der Waals surface area contributed by atoms with Crippen molar-refractivity contribution in [3.05, 3.63) is 64.9 Å². The number of nitrogens with one attached hydrogen (secondary N) is 1. The Morgan fingerprint density at radius 1 is 1.28 bits per heavy atom. The van der Waals surface area contributed by atoms with E-state index in [1.165, 1.54) is 24.0 Å². The molecule has 2 aromatic heterocycles. The molecule has 152 valence electrons. The molecule has 0 aliphatic heterocycles. The number of carboxylic acids is 1. The third kappa shape index (κ3) is 4.48. The van der Waals surface area contributed by atoms with Gasteiger partial charge >= 0.3 is 5.97 Å². The highest BCUT2D eigenvalue weighted by Crippen LogP contribution is 2.28. The van der Waals surface area contributed by atoms with Crippen LogP contribution in [0.15, 0.2) is 40.9 Å². The van der Waals surface area contributed by atoms with Crippen molar-refractivity contribution in [1.82, 2.24) is 9.78 Å². The fourth-order valence-corrected chi connectivity index (χ4v) is 2.94. The van der Waals surface area contributed by atoms with E-state index in [4.69, 9.17) is 9.15 Å². The largest absolute Gasteiger partial charge is 0.485 e. The van der Waals surface area contributed by atoms with Gasteiger partial charge in [-0.1, -0.05) is 26.0 Å². The second-order valence-electron chi connectivity index (χ2n) is 7.04. The van der Waals surface area contributed by atoms with E-state index in [1.54, 1.807) is 6.07 Å². The zero-order valence-corrected chi connectivity index (χ0v) is 16.7. The number of hydrogen-bond acceptors (Lipinski definition) is 5. The number of aryl methyl sites for hydroxylation is 2. The first kappa shape index (κ1) is 20.2. The average molecular weight is 397 g/mol. The Kier molecular flexibility index (Phi) is 5.72. The van der Waals surface area contributed by atoms with E-state index in [9.17, 15) is 14.7 Å². The molecule has 2 N–H and O–H groups in total. The number of amides is 1. The molecule has 0 aliphatic carbocycles. The minimum absolute atomic E-state index is 0.0529. The molecule has 8 nitrogen and oxygen atoms in total. The van der Waals surface area contributed by atoms with Gasteiger partial charge in [-0.2, -0.15) is 5.10 Å². The fraction of sp³-hybridized carbons (Fsp3) is 0.286. The highest BCUT2D eigenvalue weighted by atomic mass is 16.5. The molecule has 0 unspecified atom stereocenters. The molecule has 0 bridgehead atoms. The highest BCUT2D eigenvalue weighted by Gasteiger charge is 2.20. The summed E-state index contributed by atoms with van der Waals surface area (Å²) in [6, 6.07) is 9.24. The Balaban J connectivity index is 1.69. The lowest BCUT2D eigenvalue weighted by atomic mass is 10.0. The summed E-state index contributed by atoms with van der Waals surface area (Å²) in [4.78, 5) is 23.7. The fourth-order valence-electron chi connectivity index (χ4n) is 2.94. The van der Waals surface area contributed by atoms with Crippen LogP contribution in [0.4, 0.5) is 5.69 Å². The lowest BCUT2D eigenvalue weighted by Gasteiger charge is -2.14. The number of carbonyl (C=O) groups excluding carboxylic acids is 1. The molecule has 0 saturated carbocycles. The van der Waals surface area contributed by atoms with Gasteiger partial charge in [0.25, 0.3) is 5.91 Å². The van der Waals surface area contributed by atoms with Crippen LogP contribution in [-0.2, 0) is 13.7 Å². The summed E-state index contributed by atoms with van der Waals surface area (Å²) < 4.78 is 12.7. The van der Waals surface area contributed by atoms with Gasteiger partial charge in [0.1, 0.15) is 18.1 Å². The van der Waals surface area contributed by atoms with Crippen LogP contribution < -0.4 is 10.1 Å². The first-order chi connectivity index (χ1) is 13.8. The summed E-state index contributed by atoms with van der Waals surface area (Å²) >= 11 is 0. The van der Waals surface area contributed by atoms with Crippen molar-refractivity contribution < 1.29 is 23.8 Å². The number of carboxylic acid groups (broad SMARTS) is 1. The second-order valence-corrected chi connectivity index (χ2v) is 7.04. The number of anilines is 1. The monoisotopic (exact) mass is 397 g/mol. The van der Waals surface area contributed by atoms with Crippen LogP contribution in [0.5, 0.6) is 5.75 Å². The average Bonchev–Trinajstić information content (AvgIpc) is 3.26. The molecule has 0 radical (unpaired) electrons. The molecule has 3 rings (SSSR count). The normalized spacial score (nSPS) is 10.9. The SMILES string of the molecule is Cc1ccc(C(C)C)c(OCc2ccc(C(=O)Nc3cnn(C)c3C(=O)O)o2)c1. The molecule has 3 aromatic rings. The summed E-state index contributed by atoms with van der Waals surface area (Å²) in [6.45, 7) is 6.35. The van der Waals surface area contributed by atoms with Crippen molar-refractivity contribution in [2.45, 2.75) is 33.3 Å². The summed E-state index contributed by atoms with van der Waals surface area (Å²) in [5, 5.41) is 15.6. The third-order valence-electron chi connectivity index (χ3n) is 4.44. The molecule has 0 aliphatic rings. The van der Waals surface area contributed by atoms with Gasteiger partial charge in [0.2, 0.25) is 0 Å². The molecular formula is C21H23N3O5. The number of carbonyl (C=O) groups is 2. The van der Waals surface area contributed by atoms with Crippen LogP contribution in [0.1, 0.15) is 57.7 Å². The van der Waals surface area contributed by atoms with E-state index < -0.39 is 11.9 Å². The van der Waals surface area contributed by atoms with E-state index in [2.05, 4.69) is 24.3 Å². The summed E-state index contributed by atoms with van der Waals surface area (Å²) in [5.74, 6) is -0.124. The number of aromatic carboxylic acids is 1. The van der Waals surface area contributed by atoms with Crippen molar-refractivity contribution in [3.8, 4) is 5.75 Å². The molecule has 0 atom stereocenters. The first-order valence-corrected chi connectivity index (χ1v) is 9.15. The zero-order valence-electron chi connectivity index (χ0n) is 16.7. The van der Waals surface area contributed by atoms with Gasteiger partial charge in [-0.3, -0.25) is 9.48 Å². The van der Waals surface area contributed by atoms with Gasteiger partial charge in [-0.15, -0.1) is 0 Å². The second kappa shape index (κ2) is 8.22. The zero-order chi connectivity index (χ0) is 21.1. The summed E-state index contributed by atoms with van der Waals surface area (Å²) in [7, 11) is 1.48. The molecule has 8 heteroatoms. The predicted molar refractivity (Wildman–Crippen MR) is 106 cm³/mol. The van der Waals surface area contributed by atoms with Gasteiger partial charge in [0, 0.05) is 7.05 Å². The Hall–Kier alpha value is -3.55. The van der Waals surface area contributed by atoms with Gasteiger partial charge < -0.3 is 19.6 Å². The lowest BCUT2D eigenvalue weighted by molar-refractivity contribution is 0.0686. The van der Waals surface area contributed by atoms with E-state index >= 15 is 0 Å². The number of rotatable bonds is 7. The van der Waals surface area contributed by atoms with Crippen molar-refractivity contribution in [2.24, 2.45) is 7.05 Å². The van der Waals surface area contributed by atoms with Crippen molar-refractivity contribution >= 4 is 17.6 Å². The smallest absolute Gasteiger partial charge is 0.356 e. The van der Waals surface area contributed by atoms with Crippen LogP contribution >= 0.6 is 0 Å². The maximum Gasteiger partial charge on any atom is 0.356 e. The molecule has 1 amide bonds. The minimum atomic E-state index is -1.19. The first-order valence-electron chi connectivity index (χ1n) is 9.15. The van der Waals surface area contributed by atoms with Gasteiger partial charge in [-0.25, -0.2) is 4.79 Å². The number of ether oxygens (including phenoxy) is 1. The van der Waals surface area contributed by atoms with Gasteiger partial charge in [0.15, 0.2) is 11.5 Å². The molecular weight excluding hydrogens is 374 g/mol. The van der Waals surface area contributed by atoms with Crippen molar-refractivity contribution in [2.75, 3.05) is 5.32 Å². The van der Waals surface area contributed by atoms with E-state index in [0.717, 1.165) is 16.9 Å². The summed E-state index contributed by atoms with van der Waals surface area (Å²) in [6.07, 6.45) is 1.28. The lowest BCUT2D eigenvalue weighted by Crippen LogP contribution is -2.15. The Morgan fingerprint density at radius 3 is 2.72 bits per heavy atom. The van der Waals surface area contributed by atoms with Crippen LogP contribution in [0, 0.1) is 6.92 Å². The number of hydrogen-bond donors (Lipinski definition) is 2. The van der Waals surface area contributed by atoms with Crippen LogP contribution in [0.2, 0.25) is 0 Å².